The minimum absolute atomic E-state index is 0.304. The van der Waals surface area contributed by atoms with Crippen molar-refractivity contribution < 1.29 is 9.13 Å². The van der Waals surface area contributed by atoms with E-state index >= 15 is 0 Å². The molecular formula is C12H15FO. The van der Waals surface area contributed by atoms with Crippen molar-refractivity contribution in [3.8, 4) is 5.75 Å². The Balaban J connectivity index is 2.95. The second-order valence-corrected chi connectivity index (χ2v) is 3.35. The van der Waals surface area contributed by atoms with Crippen molar-refractivity contribution >= 4 is 0 Å². The fourth-order valence-electron chi connectivity index (χ4n) is 1.37. The molecule has 0 saturated carbocycles. The van der Waals surface area contributed by atoms with Crippen LogP contribution in [-0.4, -0.2) is 7.11 Å². The maximum atomic E-state index is 13.3. The molecule has 0 heterocycles. The zero-order valence-corrected chi connectivity index (χ0v) is 8.59. The third kappa shape index (κ3) is 2.34. The average Bonchev–Trinajstić information content (AvgIpc) is 2.18. The van der Waals surface area contributed by atoms with E-state index in [1.165, 1.54) is 13.2 Å². The molecule has 0 aliphatic heterocycles. The third-order valence-electron chi connectivity index (χ3n) is 2.20. The first-order valence-corrected chi connectivity index (χ1v) is 4.63. The highest BCUT2D eigenvalue weighted by Gasteiger charge is 2.09. The number of rotatable bonds is 4. The molecule has 1 unspecified atom stereocenters. The molecule has 1 rings (SSSR count). The second-order valence-electron chi connectivity index (χ2n) is 3.35. The van der Waals surface area contributed by atoms with Gasteiger partial charge in [0.1, 0.15) is 0 Å². The van der Waals surface area contributed by atoms with Gasteiger partial charge in [-0.2, -0.15) is 0 Å². The van der Waals surface area contributed by atoms with Gasteiger partial charge in [-0.3, -0.25) is 0 Å². The number of ether oxygens (including phenoxy) is 1. The van der Waals surface area contributed by atoms with Gasteiger partial charge in [-0.25, -0.2) is 4.39 Å². The summed E-state index contributed by atoms with van der Waals surface area (Å²) in [6, 6.07) is 4.98. The number of benzene rings is 1. The van der Waals surface area contributed by atoms with Crippen molar-refractivity contribution in [2.24, 2.45) is 5.92 Å². The van der Waals surface area contributed by atoms with Gasteiger partial charge in [0.05, 0.1) is 7.11 Å². The highest BCUT2D eigenvalue weighted by atomic mass is 19.1. The van der Waals surface area contributed by atoms with Crippen LogP contribution in [-0.2, 0) is 6.42 Å². The topological polar surface area (TPSA) is 9.23 Å². The third-order valence-corrected chi connectivity index (χ3v) is 2.20. The Labute approximate surface area is 84.2 Å². The van der Waals surface area contributed by atoms with E-state index in [1.54, 1.807) is 6.07 Å². The molecule has 0 aliphatic carbocycles. The number of hydrogen-bond acceptors (Lipinski definition) is 1. The first-order valence-electron chi connectivity index (χ1n) is 4.63. The molecule has 2 heteroatoms. The highest BCUT2D eigenvalue weighted by Crippen LogP contribution is 2.24. The normalized spacial score (nSPS) is 12.2. The zero-order valence-electron chi connectivity index (χ0n) is 8.59. The van der Waals surface area contributed by atoms with Crippen molar-refractivity contribution in [1.29, 1.82) is 0 Å². The van der Waals surface area contributed by atoms with Crippen LogP contribution in [0.1, 0.15) is 12.5 Å². The molecule has 0 aliphatic rings. The Morgan fingerprint density at radius 1 is 1.57 bits per heavy atom. The minimum atomic E-state index is -0.304. The lowest BCUT2D eigenvalue weighted by Gasteiger charge is -2.11. The van der Waals surface area contributed by atoms with Gasteiger partial charge in [0.2, 0.25) is 0 Å². The first kappa shape index (κ1) is 10.8. The fourth-order valence-corrected chi connectivity index (χ4v) is 1.37. The smallest absolute Gasteiger partial charge is 0.165 e. The lowest BCUT2D eigenvalue weighted by Crippen LogP contribution is -2.00. The van der Waals surface area contributed by atoms with Crippen LogP contribution in [0.3, 0.4) is 0 Å². The molecule has 0 bridgehead atoms. The second kappa shape index (κ2) is 4.80. The summed E-state index contributed by atoms with van der Waals surface area (Å²) in [6.07, 6.45) is 2.61. The first-order chi connectivity index (χ1) is 6.69. The highest BCUT2D eigenvalue weighted by molar-refractivity contribution is 5.35. The van der Waals surface area contributed by atoms with E-state index < -0.39 is 0 Å². The minimum Gasteiger partial charge on any atom is -0.493 e. The van der Waals surface area contributed by atoms with Crippen LogP contribution in [0.25, 0.3) is 0 Å². The van der Waals surface area contributed by atoms with Crippen molar-refractivity contribution in [3.05, 3.63) is 42.2 Å². The van der Waals surface area contributed by atoms with Crippen LogP contribution in [0.5, 0.6) is 5.75 Å². The quantitative estimate of drug-likeness (QED) is 0.669. The van der Waals surface area contributed by atoms with E-state index in [-0.39, 0.29) is 5.82 Å². The maximum absolute atomic E-state index is 13.3. The molecule has 0 N–H and O–H groups in total. The summed E-state index contributed by atoms with van der Waals surface area (Å²) >= 11 is 0. The van der Waals surface area contributed by atoms with Gasteiger partial charge in [-0.15, -0.1) is 6.58 Å². The van der Waals surface area contributed by atoms with Gasteiger partial charge in [0.25, 0.3) is 0 Å². The molecule has 0 spiro atoms. The van der Waals surface area contributed by atoms with Crippen LogP contribution in [0, 0.1) is 11.7 Å². The van der Waals surface area contributed by atoms with E-state index in [1.807, 2.05) is 19.1 Å². The number of allylic oxidation sites excluding steroid dienone is 1. The summed E-state index contributed by atoms with van der Waals surface area (Å²) in [5.41, 5.74) is 0.889. The van der Waals surface area contributed by atoms with Crippen molar-refractivity contribution in [1.82, 2.24) is 0 Å². The standard InChI is InChI=1S/C12H15FO/c1-4-9(2)8-10-6-5-7-11(13)12(10)14-3/h4-7,9H,1,8H2,2-3H3. The summed E-state index contributed by atoms with van der Waals surface area (Å²) in [5.74, 6) is 0.369. The molecule has 1 aromatic rings. The predicted octanol–water partition coefficient (Wildman–Crippen LogP) is 3.20. The van der Waals surface area contributed by atoms with E-state index in [2.05, 4.69) is 6.58 Å². The van der Waals surface area contributed by atoms with E-state index in [0.717, 1.165) is 12.0 Å². The molecule has 1 nitrogen and oxygen atoms in total. The number of hydrogen-bond donors (Lipinski definition) is 0. The van der Waals surface area contributed by atoms with Crippen LogP contribution >= 0.6 is 0 Å². The van der Waals surface area contributed by atoms with E-state index in [4.69, 9.17) is 4.74 Å². The molecule has 0 amide bonds. The van der Waals surface area contributed by atoms with Crippen LogP contribution in [0.4, 0.5) is 4.39 Å². The van der Waals surface area contributed by atoms with Crippen molar-refractivity contribution in [3.63, 3.8) is 0 Å². The van der Waals surface area contributed by atoms with Gasteiger partial charge in [0.15, 0.2) is 11.6 Å². The Hall–Kier alpha value is -1.31. The largest absolute Gasteiger partial charge is 0.493 e. The molecule has 1 atom stereocenters. The Kier molecular flexibility index (Phi) is 3.69. The summed E-state index contributed by atoms with van der Waals surface area (Å²) in [7, 11) is 1.49. The van der Waals surface area contributed by atoms with Crippen LogP contribution in [0.15, 0.2) is 30.9 Å². The number of halogens is 1. The molecule has 1 aromatic carbocycles. The molecule has 0 radical (unpaired) electrons. The van der Waals surface area contributed by atoms with Crippen LogP contribution in [0.2, 0.25) is 0 Å². The summed E-state index contributed by atoms with van der Waals surface area (Å²) in [4.78, 5) is 0. The summed E-state index contributed by atoms with van der Waals surface area (Å²) < 4.78 is 18.3. The maximum Gasteiger partial charge on any atom is 0.165 e. The van der Waals surface area contributed by atoms with Crippen molar-refractivity contribution in [2.75, 3.05) is 7.11 Å². The monoisotopic (exact) mass is 194 g/mol. The SMILES string of the molecule is C=CC(C)Cc1cccc(F)c1OC. The number of para-hydroxylation sites is 1. The molecular weight excluding hydrogens is 179 g/mol. The molecule has 0 saturated heterocycles. The van der Waals surface area contributed by atoms with E-state index in [9.17, 15) is 4.39 Å². The molecule has 14 heavy (non-hydrogen) atoms. The Bertz CT molecular complexity index is 320. The Morgan fingerprint density at radius 3 is 2.86 bits per heavy atom. The lowest BCUT2D eigenvalue weighted by molar-refractivity contribution is 0.380. The number of methoxy groups -OCH3 is 1. The van der Waals surface area contributed by atoms with Crippen LogP contribution < -0.4 is 4.74 Å². The predicted molar refractivity (Wildman–Crippen MR) is 56.0 cm³/mol. The van der Waals surface area contributed by atoms with E-state index in [0.29, 0.717) is 11.7 Å². The molecule has 0 aromatic heterocycles. The molecule has 0 fully saturated rings. The zero-order chi connectivity index (χ0) is 10.6. The van der Waals surface area contributed by atoms with Gasteiger partial charge >= 0.3 is 0 Å². The van der Waals surface area contributed by atoms with Gasteiger partial charge < -0.3 is 4.74 Å². The average molecular weight is 194 g/mol. The summed E-state index contributed by atoms with van der Waals surface area (Å²) in [6.45, 7) is 5.74. The van der Waals surface area contributed by atoms with Crippen molar-refractivity contribution in [2.45, 2.75) is 13.3 Å². The lowest BCUT2D eigenvalue weighted by atomic mass is 10.0. The molecule has 76 valence electrons. The summed E-state index contributed by atoms with van der Waals surface area (Å²) in [5, 5.41) is 0. The van der Waals surface area contributed by atoms with Gasteiger partial charge in [0, 0.05) is 0 Å². The fraction of sp³-hybridized carbons (Fsp3) is 0.333. The van der Waals surface area contributed by atoms with Gasteiger partial charge in [-0.1, -0.05) is 25.1 Å². The Morgan fingerprint density at radius 2 is 2.29 bits per heavy atom. The van der Waals surface area contributed by atoms with Gasteiger partial charge in [-0.05, 0) is 24.0 Å².